The van der Waals surface area contributed by atoms with Gasteiger partial charge in [-0.15, -0.1) is 0 Å². The summed E-state index contributed by atoms with van der Waals surface area (Å²) in [6, 6.07) is 18.6. The monoisotopic (exact) mass is 531 g/mol. The van der Waals surface area contributed by atoms with Crippen LogP contribution in [0.5, 0.6) is 5.75 Å². The van der Waals surface area contributed by atoms with Crippen LogP contribution in [-0.2, 0) is 17.9 Å². The zero-order valence-corrected chi connectivity index (χ0v) is 19.7. The molecule has 0 aromatic heterocycles. The summed E-state index contributed by atoms with van der Waals surface area (Å²) < 4.78 is 19.5. The second-order valence-electron chi connectivity index (χ2n) is 7.00. The Morgan fingerprint density at radius 2 is 1.81 bits per heavy atom. The molecule has 0 aliphatic carbocycles. The minimum atomic E-state index is -0.340. The van der Waals surface area contributed by atoms with Crippen molar-refractivity contribution in [2.24, 2.45) is 0 Å². The molecule has 1 aliphatic heterocycles. The topological polar surface area (TPSA) is 46.6 Å². The van der Waals surface area contributed by atoms with E-state index in [2.05, 4.69) is 15.9 Å². The van der Waals surface area contributed by atoms with Gasteiger partial charge in [0.05, 0.1) is 15.9 Å². The molecule has 4 rings (SSSR count). The van der Waals surface area contributed by atoms with Crippen molar-refractivity contribution in [3.8, 4) is 5.75 Å². The summed E-state index contributed by atoms with van der Waals surface area (Å²) in [5, 5.41) is 0.233. The second-order valence-corrected chi connectivity index (χ2v) is 9.29. The number of amides is 2. The predicted octanol–water partition coefficient (Wildman–Crippen LogP) is 7.06. The molecule has 162 valence electrons. The van der Waals surface area contributed by atoms with Crippen LogP contribution in [0.4, 0.5) is 9.18 Å². The van der Waals surface area contributed by atoms with E-state index in [1.807, 2.05) is 12.1 Å². The van der Waals surface area contributed by atoms with Gasteiger partial charge in [0.15, 0.2) is 0 Å². The Kier molecular flexibility index (Phi) is 6.98. The molecule has 0 bridgehead atoms. The SMILES string of the molecule is O=C1S/C(=C\c2ccc(OCc3ccc(F)cc3)c(Br)c2)C(=O)N1Cc1cccc(Cl)c1. The van der Waals surface area contributed by atoms with Gasteiger partial charge in [-0.3, -0.25) is 14.5 Å². The quantitative estimate of drug-likeness (QED) is 0.319. The standard InChI is InChI=1S/C24H16BrClFNO3S/c25-20-11-16(6-9-21(20)31-14-15-4-7-19(27)8-5-15)12-22-23(29)28(24(30)32-22)13-17-2-1-3-18(26)10-17/h1-12H,13-14H2/b22-12-. The first-order valence-electron chi connectivity index (χ1n) is 9.55. The van der Waals surface area contributed by atoms with Crippen molar-refractivity contribution in [1.82, 2.24) is 4.90 Å². The largest absolute Gasteiger partial charge is 0.488 e. The minimum Gasteiger partial charge on any atom is -0.488 e. The number of ether oxygens (including phenoxy) is 1. The fraction of sp³-hybridized carbons (Fsp3) is 0.0833. The Hall–Kier alpha value is -2.61. The maximum absolute atomic E-state index is 13.0. The number of thioether (sulfide) groups is 1. The van der Waals surface area contributed by atoms with Crippen LogP contribution in [-0.4, -0.2) is 16.0 Å². The molecule has 2 amide bonds. The van der Waals surface area contributed by atoms with Gasteiger partial charge in [0.2, 0.25) is 0 Å². The maximum Gasteiger partial charge on any atom is 0.293 e. The van der Waals surface area contributed by atoms with Crippen LogP contribution in [0.2, 0.25) is 5.02 Å². The van der Waals surface area contributed by atoms with E-state index in [9.17, 15) is 14.0 Å². The minimum absolute atomic E-state index is 0.169. The number of nitrogens with zero attached hydrogens (tertiary/aromatic N) is 1. The number of hydrogen-bond donors (Lipinski definition) is 0. The lowest BCUT2D eigenvalue weighted by Gasteiger charge is -2.12. The first kappa shape index (κ1) is 22.6. The molecule has 1 saturated heterocycles. The molecule has 0 spiro atoms. The molecule has 0 radical (unpaired) electrons. The van der Waals surface area contributed by atoms with E-state index in [-0.39, 0.29) is 23.5 Å². The molecule has 0 unspecified atom stereocenters. The Morgan fingerprint density at radius 3 is 2.53 bits per heavy atom. The van der Waals surface area contributed by atoms with Crippen molar-refractivity contribution in [2.75, 3.05) is 0 Å². The number of halogens is 3. The van der Waals surface area contributed by atoms with E-state index < -0.39 is 0 Å². The van der Waals surface area contributed by atoms with Gasteiger partial charge in [0.25, 0.3) is 11.1 Å². The summed E-state index contributed by atoms with van der Waals surface area (Å²) >= 11 is 10.4. The molecular weight excluding hydrogens is 517 g/mol. The van der Waals surface area contributed by atoms with Crippen molar-refractivity contribution < 1.29 is 18.7 Å². The van der Waals surface area contributed by atoms with Gasteiger partial charge < -0.3 is 4.74 Å². The van der Waals surface area contributed by atoms with Gasteiger partial charge >= 0.3 is 0 Å². The molecule has 8 heteroatoms. The van der Waals surface area contributed by atoms with Crippen molar-refractivity contribution >= 4 is 56.5 Å². The fourth-order valence-electron chi connectivity index (χ4n) is 3.07. The summed E-state index contributed by atoms with van der Waals surface area (Å²) in [6.07, 6.45) is 1.68. The number of carbonyl (C=O) groups is 2. The molecule has 4 nitrogen and oxygen atoms in total. The zero-order chi connectivity index (χ0) is 22.7. The van der Waals surface area contributed by atoms with E-state index in [4.69, 9.17) is 16.3 Å². The van der Waals surface area contributed by atoms with E-state index in [0.29, 0.717) is 26.8 Å². The highest BCUT2D eigenvalue weighted by molar-refractivity contribution is 9.10. The number of imide groups is 1. The molecule has 0 N–H and O–H groups in total. The Morgan fingerprint density at radius 1 is 1.03 bits per heavy atom. The molecule has 0 atom stereocenters. The van der Waals surface area contributed by atoms with Crippen LogP contribution in [0, 0.1) is 5.82 Å². The van der Waals surface area contributed by atoms with Gasteiger partial charge in [-0.25, -0.2) is 4.39 Å². The maximum atomic E-state index is 13.0. The Bertz CT molecular complexity index is 1220. The molecule has 1 heterocycles. The summed E-state index contributed by atoms with van der Waals surface area (Å²) in [7, 11) is 0. The number of benzene rings is 3. The second kappa shape index (κ2) is 9.90. The third kappa shape index (κ3) is 5.41. The van der Waals surface area contributed by atoms with E-state index in [1.165, 1.54) is 17.0 Å². The lowest BCUT2D eigenvalue weighted by molar-refractivity contribution is -0.123. The highest BCUT2D eigenvalue weighted by atomic mass is 79.9. The first-order valence-corrected chi connectivity index (χ1v) is 11.5. The fourth-order valence-corrected chi connectivity index (χ4v) is 4.63. The average Bonchev–Trinajstić information content (AvgIpc) is 3.02. The third-order valence-electron chi connectivity index (χ3n) is 4.66. The number of carbonyl (C=O) groups excluding carboxylic acids is 2. The van der Waals surface area contributed by atoms with Crippen LogP contribution in [0.1, 0.15) is 16.7 Å². The zero-order valence-electron chi connectivity index (χ0n) is 16.6. The summed E-state index contributed by atoms with van der Waals surface area (Å²) in [5.74, 6) is -0.0236. The van der Waals surface area contributed by atoms with Crippen molar-refractivity contribution in [1.29, 1.82) is 0 Å². The molecule has 1 aliphatic rings. The number of hydrogen-bond acceptors (Lipinski definition) is 4. The van der Waals surface area contributed by atoms with Crippen molar-refractivity contribution in [3.05, 3.63) is 104 Å². The van der Waals surface area contributed by atoms with Crippen LogP contribution in [0.15, 0.2) is 76.1 Å². The van der Waals surface area contributed by atoms with Gasteiger partial charge in [-0.2, -0.15) is 0 Å². The molecule has 0 saturated carbocycles. The van der Waals surface area contributed by atoms with Crippen molar-refractivity contribution in [3.63, 3.8) is 0 Å². The molecular formula is C24H16BrClFNO3S. The average molecular weight is 533 g/mol. The third-order valence-corrected chi connectivity index (χ3v) is 6.43. The van der Waals surface area contributed by atoms with Gasteiger partial charge in [-0.1, -0.05) is 41.9 Å². The highest BCUT2D eigenvalue weighted by Gasteiger charge is 2.35. The van der Waals surface area contributed by atoms with Gasteiger partial charge in [-0.05, 0) is 86.9 Å². The molecule has 3 aromatic rings. The highest BCUT2D eigenvalue weighted by Crippen LogP contribution is 2.35. The lowest BCUT2D eigenvalue weighted by Crippen LogP contribution is -2.27. The van der Waals surface area contributed by atoms with Crippen molar-refractivity contribution in [2.45, 2.75) is 13.2 Å². The Labute approximate surface area is 202 Å². The predicted molar refractivity (Wildman–Crippen MR) is 128 cm³/mol. The van der Waals surface area contributed by atoms with Crippen LogP contribution >= 0.6 is 39.3 Å². The van der Waals surface area contributed by atoms with Gasteiger partial charge in [0.1, 0.15) is 18.2 Å². The van der Waals surface area contributed by atoms with E-state index in [0.717, 1.165) is 28.5 Å². The number of rotatable bonds is 6. The summed E-state index contributed by atoms with van der Waals surface area (Å²) in [6.45, 7) is 0.461. The van der Waals surface area contributed by atoms with E-state index in [1.54, 1.807) is 48.5 Å². The van der Waals surface area contributed by atoms with Crippen LogP contribution in [0.25, 0.3) is 6.08 Å². The molecule has 1 fully saturated rings. The first-order chi connectivity index (χ1) is 15.4. The van der Waals surface area contributed by atoms with E-state index >= 15 is 0 Å². The van der Waals surface area contributed by atoms with Gasteiger partial charge in [0, 0.05) is 5.02 Å². The van der Waals surface area contributed by atoms with Crippen LogP contribution < -0.4 is 4.74 Å². The normalized spacial score (nSPS) is 15.0. The van der Waals surface area contributed by atoms with Crippen LogP contribution in [0.3, 0.4) is 0 Å². The molecule has 3 aromatic carbocycles. The summed E-state index contributed by atoms with van der Waals surface area (Å²) in [5.41, 5.74) is 2.38. The molecule has 32 heavy (non-hydrogen) atoms. The smallest absolute Gasteiger partial charge is 0.293 e. The lowest BCUT2D eigenvalue weighted by atomic mass is 10.2. The Balaban J connectivity index is 1.45. The summed E-state index contributed by atoms with van der Waals surface area (Å²) in [4.78, 5) is 26.7.